The lowest BCUT2D eigenvalue weighted by molar-refractivity contribution is -0.113. The number of carbonyl (C=O) groups is 2. The Morgan fingerprint density at radius 3 is 2.38 bits per heavy atom. The number of nitrogens with zero attached hydrogens (tertiary/aromatic N) is 4. The van der Waals surface area contributed by atoms with Crippen LogP contribution < -0.4 is 15.4 Å². The number of aromatic nitrogens is 4. The SMILES string of the molecule is CCOc1ccc(/C=C(/NC(=O)c2ccccc2)C(=O)Nc2cccc(SCc3nnnn3-c3ccccc3)c2)cc1. The summed E-state index contributed by atoms with van der Waals surface area (Å²) in [5.41, 5.74) is 2.74. The molecular weight excluding hydrogens is 548 g/mol. The molecule has 4 aromatic carbocycles. The number of hydrogen-bond acceptors (Lipinski definition) is 7. The lowest BCUT2D eigenvalue weighted by Gasteiger charge is -2.12. The highest BCUT2D eigenvalue weighted by Crippen LogP contribution is 2.25. The van der Waals surface area contributed by atoms with Crippen LogP contribution in [0, 0.1) is 0 Å². The Bertz CT molecular complexity index is 1670. The number of ether oxygens (including phenoxy) is 1. The van der Waals surface area contributed by atoms with Gasteiger partial charge in [-0.15, -0.1) is 16.9 Å². The first-order chi connectivity index (χ1) is 20.6. The van der Waals surface area contributed by atoms with Gasteiger partial charge in [-0.1, -0.05) is 54.6 Å². The monoisotopic (exact) mass is 576 g/mol. The third-order valence-electron chi connectivity index (χ3n) is 6.03. The minimum Gasteiger partial charge on any atom is -0.494 e. The normalized spacial score (nSPS) is 11.1. The first-order valence-corrected chi connectivity index (χ1v) is 14.3. The van der Waals surface area contributed by atoms with E-state index >= 15 is 0 Å². The van der Waals surface area contributed by atoms with E-state index in [0.29, 0.717) is 29.4 Å². The molecule has 1 heterocycles. The van der Waals surface area contributed by atoms with Crippen molar-refractivity contribution in [1.29, 1.82) is 0 Å². The summed E-state index contributed by atoms with van der Waals surface area (Å²) in [5, 5.41) is 17.8. The minimum atomic E-state index is -0.455. The number of hydrogen-bond donors (Lipinski definition) is 2. The van der Waals surface area contributed by atoms with Crippen LogP contribution in [0.1, 0.15) is 28.7 Å². The van der Waals surface area contributed by atoms with Crippen molar-refractivity contribution >= 4 is 35.3 Å². The highest BCUT2D eigenvalue weighted by molar-refractivity contribution is 7.98. The third kappa shape index (κ3) is 7.49. The lowest BCUT2D eigenvalue weighted by Crippen LogP contribution is -2.30. The second-order valence-corrected chi connectivity index (χ2v) is 10.0. The van der Waals surface area contributed by atoms with E-state index in [0.717, 1.165) is 21.9 Å². The topological polar surface area (TPSA) is 111 Å². The van der Waals surface area contributed by atoms with Crippen LogP contribution in [0.2, 0.25) is 0 Å². The molecule has 9 nitrogen and oxygen atoms in total. The summed E-state index contributed by atoms with van der Waals surface area (Å²) in [6.45, 7) is 2.47. The third-order valence-corrected chi connectivity index (χ3v) is 7.02. The van der Waals surface area contributed by atoms with E-state index in [4.69, 9.17) is 4.74 Å². The maximum absolute atomic E-state index is 13.5. The predicted octanol–water partition coefficient (Wildman–Crippen LogP) is 5.76. The van der Waals surface area contributed by atoms with Crippen LogP contribution in [-0.4, -0.2) is 38.6 Å². The number of nitrogens with one attached hydrogen (secondary N) is 2. The van der Waals surface area contributed by atoms with E-state index in [-0.39, 0.29) is 11.6 Å². The Kier molecular flexibility index (Phi) is 9.38. The van der Waals surface area contributed by atoms with E-state index in [1.807, 2.05) is 85.8 Å². The lowest BCUT2D eigenvalue weighted by atomic mass is 10.1. The molecule has 0 aliphatic carbocycles. The number of amides is 2. The number of carbonyl (C=O) groups excluding carboxylic acids is 2. The molecule has 42 heavy (non-hydrogen) atoms. The van der Waals surface area contributed by atoms with Gasteiger partial charge in [0.15, 0.2) is 5.82 Å². The van der Waals surface area contributed by atoms with Gasteiger partial charge >= 0.3 is 0 Å². The summed E-state index contributed by atoms with van der Waals surface area (Å²) in [5.74, 6) is 1.10. The molecule has 0 radical (unpaired) electrons. The molecule has 0 bridgehead atoms. The van der Waals surface area contributed by atoms with Crippen LogP contribution in [0.5, 0.6) is 5.75 Å². The molecule has 5 aromatic rings. The number of rotatable bonds is 11. The van der Waals surface area contributed by atoms with Crippen LogP contribution in [0.25, 0.3) is 11.8 Å². The van der Waals surface area contributed by atoms with Gasteiger partial charge in [-0.3, -0.25) is 9.59 Å². The second kappa shape index (κ2) is 13.9. The van der Waals surface area contributed by atoms with Crippen LogP contribution in [0.15, 0.2) is 120 Å². The smallest absolute Gasteiger partial charge is 0.272 e. The minimum absolute atomic E-state index is 0.105. The summed E-state index contributed by atoms with van der Waals surface area (Å²) >= 11 is 1.54. The van der Waals surface area contributed by atoms with Gasteiger partial charge in [0, 0.05) is 16.1 Å². The molecule has 0 saturated carbocycles. The Morgan fingerprint density at radius 2 is 1.64 bits per heavy atom. The first-order valence-electron chi connectivity index (χ1n) is 13.3. The quantitative estimate of drug-likeness (QED) is 0.152. The van der Waals surface area contributed by atoms with Crippen molar-refractivity contribution < 1.29 is 14.3 Å². The van der Waals surface area contributed by atoms with Gasteiger partial charge in [0.2, 0.25) is 0 Å². The average Bonchev–Trinajstić information content (AvgIpc) is 3.50. The number of thioether (sulfide) groups is 1. The van der Waals surface area contributed by atoms with Crippen molar-refractivity contribution in [2.75, 3.05) is 11.9 Å². The van der Waals surface area contributed by atoms with Crippen molar-refractivity contribution in [3.63, 3.8) is 0 Å². The maximum Gasteiger partial charge on any atom is 0.272 e. The van der Waals surface area contributed by atoms with Crippen LogP contribution in [-0.2, 0) is 10.5 Å². The van der Waals surface area contributed by atoms with Crippen molar-refractivity contribution in [3.8, 4) is 11.4 Å². The van der Waals surface area contributed by atoms with E-state index in [9.17, 15) is 9.59 Å². The molecule has 2 amide bonds. The van der Waals surface area contributed by atoms with E-state index in [1.165, 1.54) is 0 Å². The molecule has 0 atom stereocenters. The Hall–Kier alpha value is -5.22. The molecule has 0 unspecified atom stereocenters. The van der Waals surface area contributed by atoms with E-state index in [1.54, 1.807) is 52.9 Å². The average molecular weight is 577 g/mol. The fourth-order valence-electron chi connectivity index (χ4n) is 4.01. The zero-order valence-corrected chi connectivity index (χ0v) is 23.6. The van der Waals surface area contributed by atoms with Gasteiger partial charge in [0.05, 0.1) is 18.0 Å². The first kappa shape index (κ1) is 28.3. The molecule has 0 saturated heterocycles. The number of tetrazole rings is 1. The molecule has 5 rings (SSSR count). The fourth-order valence-corrected chi connectivity index (χ4v) is 4.87. The molecule has 10 heteroatoms. The molecule has 0 spiro atoms. The van der Waals surface area contributed by atoms with E-state index in [2.05, 4.69) is 26.2 Å². The van der Waals surface area contributed by atoms with Gasteiger partial charge < -0.3 is 15.4 Å². The van der Waals surface area contributed by atoms with Gasteiger partial charge in [-0.2, -0.15) is 4.68 Å². The summed E-state index contributed by atoms with van der Waals surface area (Å²) in [6, 6.07) is 33.2. The van der Waals surface area contributed by atoms with E-state index < -0.39 is 5.91 Å². The van der Waals surface area contributed by atoms with Gasteiger partial charge in [0.1, 0.15) is 11.4 Å². The highest BCUT2D eigenvalue weighted by Gasteiger charge is 2.16. The van der Waals surface area contributed by atoms with Crippen molar-refractivity contribution in [2.45, 2.75) is 17.6 Å². The Morgan fingerprint density at radius 1 is 0.905 bits per heavy atom. The van der Waals surface area contributed by atoms with Gasteiger partial charge in [-0.05, 0) is 83.6 Å². The molecule has 0 fully saturated rings. The molecule has 2 N–H and O–H groups in total. The standard InChI is InChI=1S/C32H28N6O3S/c1-2-41-27-18-16-23(17-19-27)20-29(34-31(39)24-10-5-3-6-11-24)32(40)33-25-12-9-15-28(21-25)42-22-30-35-36-37-38(30)26-13-7-4-8-14-26/h3-21H,2,22H2,1H3,(H,33,40)(H,34,39)/b29-20+. The number of benzene rings is 4. The van der Waals surface area contributed by atoms with Crippen molar-refractivity contribution in [3.05, 3.63) is 132 Å². The summed E-state index contributed by atoms with van der Waals surface area (Å²) in [6.07, 6.45) is 1.63. The maximum atomic E-state index is 13.5. The number of para-hydroxylation sites is 1. The molecule has 0 aliphatic heterocycles. The summed E-state index contributed by atoms with van der Waals surface area (Å²) < 4.78 is 7.21. The Balaban J connectivity index is 1.31. The zero-order chi connectivity index (χ0) is 29.1. The van der Waals surface area contributed by atoms with Crippen molar-refractivity contribution in [2.24, 2.45) is 0 Å². The largest absolute Gasteiger partial charge is 0.494 e. The predicted molar refractivity (Wildman–Crippen MR) is 163 cm³/mol. The molecular formula is C32H28N6O3S. The highest BCUT2D eigenvalue weighted by atomic mass is 32.2. The molecule has 210 valence electrons. The fraction of sp³-hybridized carbons (Fsp3) is 0.0938. The summed E-state index contributed by atoms with van der Waals surface area (Å²) in [4.78, 5) is 27.3. The van der Waals surface area contributed by atoms with Crippen LogP contribution in [0.3, 0.4) is 0 Å². The number of anilines is 1. The summed E-state index contributed by atoms with van der Waals surface area (Å²) in [7, 11) is 0. The van der Waals surface area contributed by atoms with Crippen LogP contribution in [0.4, 0.5) is 5.69 Å². The molecule has 0 aliphatic rings. The van der Waals surface area contributed by atoms with Crippen molar-refractivity contribution in [1.82, 2.24) is 25.5 Å². The second-order valence-electron chi connectivity index (χ2n) is 8.99. The zero-order valence-electron chi connectivity index (χ0n) is 22.8. The van der Waals surface area contributed by atoms with Crippen LogP contribution >= 0.6 is 11.8 Å². The van der Waals surface area contributed by atoms with Gasteiger partial charge in [-0.25, -0.2) is 0 Å². The van der Waals surface area contributed by atoms with Gasteiger partial charge in [0.25, 0.3) is 11.8 Å². The molecule has 1 aromatic heterocycles. The Labute approximate surface area is 247 Å².